The maximum atomic E-state index is 3.80. The Labute approximate surface area is 54.5 Å². The molecule has 0 N–H and O–H groups in total. The summed E-state index contributed by atoms with van der Waals surface area (Å²) in [6, 6.07) is 0. The van der Waals surface area contributed by atoms with Gasteiger partial charge in [-0.15, -0.1) is 12.6 Å². The molecule has 0 aromatic carbocycles. The van der Waals surface area contributed by atoms with Crippen molar-refractivity contribution in [2.24, 2.45) is 9.98 Å². The van der Waals surface area contributed by atoms with Crippen molar-refractivity contribution in [3.05, 3.63) is 11.6 Å². The van der Waals surface area contributed by atoms with Gasteiger partial charge in [-0.2, -0.15) is 0 Å². The predicted molar refractivity (Wildman–Crippen MR) is 40.8 cm³/mol. The molecule has 44 valence electrons. The second kappa shape index (κ2) is 4.59. The van der Waals surface area contributed by atoms with Gasteiger partial charge < -0.3 is 0 Å². The highest BCUT2D eigenvalue weighted by molar-refractivity contribution is 7.84. The van der Waals surface area contributed by atoms with E-state index in [2.05, 4.69) is 29.2 Å². The Kier molecular flexibility index (Phi) is 4.26. The molecular formula is C5H8N2S. The molecular weight excluding hydrogens is 120 g/mol. The molecule has 0 aliphatic carbocycles. The topological polar surface area (TPSA) is 24.7 Å². The van der Waals surface area contributed by atoms with E-state index in [0.717, 1.165) is 0 Å². The quantitative estimate of drug-likeness (QED) is 0.331. The second-order valence-corrected chi connectivity index (χ2v) is 1.58. The van der Waals surface area contributed by atoms with E-state index in [4.69, 9.17) is 0 Å². The minimum atomic E-state index is 0.468. The van der Waals surface area contributed by atoms with Gasteiger partial charge >= 0.3 is 0 Å². The van der Waals surface area contributed by atoms with Gasteiger partial charge in [0.05, 0.1) is 5.03 Å². The Morgan fingerprint density at radius 1 is 1.75 bits per heavy atom. The van der Waals surface area contributed by atoms with Crippen LogP contribution in [0.1, 0.15) is 6.92 Å². The van der Waals surface area contributed by atoms with Crippen LogP contribution in [-0.4, -0.2) is 12.6 Å². The molecule has 2 nitrogen and oxygen atoms in total. The number of hydrogen-bond acceptors (Lipinski definition) is 2. The lowest BCUT2D eigenvalue weighted by molar-refractivity contribution is 1.54. The van der Waals surface area contributed by atoms with E-state index >= 15 is 0 Å². The summed E-state index contributed by atoms with van der Waals surface area (Å²) in [6.07, 6.45) is 3.04. The van der Waals surface area contributed by atoms with Crippen molar-refractivity contribution in [3.8, 4) is 0 Å². The van der Waals surface area contributed by atoms with Crippen LogP contribution >= 0.6 is 12.6 Å². The van der Waals surface area contributed by atoms with Gasteiger partial charge in [0.15, 0.2) is 0 Å². The van der Waals surface area contributed by atoms with Crippen LogP contribution in [-0.2, 0) is 0 Å². The molecule has 8 heavy (non-hydrogen) atoms. The molecule has 0 saturated heterocycles. The largest absolute Gasteiger partial charge is 0.249 e. The summed E-state index contributed by atoms with van der Waals surface area (Å²) in [4.78, 5) is 7.35. The molecule has 0 aliphatic heterocycles. The average Bonchev–Trinajstić information content (AvgIpc) is 1.66. The number of thiol groups is 1. The third-order valence-corrected chi connectivity index (χ3v) is 0.538. The van der Waals surface area contributed by atoms with Crippen LogP contribution in [0.2, 0.25) is 0 Å². The first-order chi connectivity index (χ1) is 3.77. The molecule has 0 bridgehead atoms. The molecule has 0 radical (unpaired) electrons. The molecule has 0 aromatic heterocycles. The third kappa shape index (κ3) is 5.43. The molecule has 0 spiro atoms. The maximum Gasteiger partial charge on any atom is 0.116 e. The Morgan fingerprint density at radius 3 is 2.75 bits per heavy atom. The standard InChI is InChI=1S/C5H8N2S/c1-3-6-4-7-5(2)8/h3-4,8H,2H2,1H3. The lowest BCUT2D eigenvalue weighted by Crippen LogP contribution is -1.65. The van der Waals surface area contributed by atoms with Crippen molar-refractivity contribution in [1.82, 2.24) is 0 Å². The molecule has 0 saturated carbocycles. The van der Waals surface area contributed by atoms with E-state index in [1.807, 2.05) is 6.92 Å². The molecule has 0 fully saturated rings. The number of nitrogens with zero attached hydrogens (tertiary/aromatic N) is 2. The maximum absolute atomic E-state index is 3.80. The summed E-state index contributed by atoms with van der Waals surface area (Å²) in [5, 5.41) is 0.468. The zero-order valence-electron chi connectivity index (χ0n) is 4.70. The molecule has 0 unspecified atom stereocenters. The molecule has 0 aliphatic rings. The number of rotatable bonds is 2. The van der Waals surface area contributed by atoms with Gasteiger partial charge in [0.25, 0.3) is 0 Å². The minimum absolute atomic E-state index is 0.468. The highest BCUT2D eigenvalue weighted by atomic mass is 32.1. The van der Waals surface area contributed by atoms with Crippen LogP contribution in [0.5, 0.6) is 0 Å². The van der Waals surface area contributed by atoms with Gasteiger partial charge in [-0.1, -0.05) is 6.58 Å². The summed E-state index contributed by atoms with van der Waals surface area (Å²) < 4.78 is 0. The lowest BCUT2D eigenvalue weighted by atomic mass is 10.9. The van der Waals surface area contributed by atoms with Crippen molar-refractivity contribution in [2.75, 3.05) is 0 Å². The summed E-state index contributed by atoms with van der Waals surface area (Å²) in [7, 11) is 0. The van der Waals surface area contributed by atoms with Crippen LogP contribution in [0, 0.1) is 0 Å². The Bertz CT molecular complexity index is 126. The first kappa shape index (κ1) is 7.43. The fourth-order valence-electron chi connectivity index (χ4n) is 0.167. The fourth-order valence-corrected chi connectivity index (χ4v) is 0.218. The van der Waals surface area contributed by atoms with E-state index in [9.17, 15) is 0 Å². The molecule has 0 amide bonds. The normalized spacial score (nSPS) is 11.2. The smallest absolute Gasteiger partial charge is 0.116 e. The summed E-state index contributed by atoms with van der Waals surface area (Å²) in [5.41, 5.74) is 0. The van der Waals surface area contributed by atoms with Gasteiger partial charge in [0.1, 0.15) is 6.34 Å². The molecule has 0 aromatic rings. The minimum Gasteiger partial charge on any atom is -0.249 e. The highest BCUT2D eigenvalue weighted by Gasteiger charge is 1.68. The van der Waals surface area contributed by atoms with Crippen molar-refractivity contribution in [3.63, 3.8) is 0 Å². The first-order valence-electron chi connectivity index (χ1n) is 2.15. The molecule has 3 heteroatoms. The van der Waals surface area contributed by atoms with Crippen LogP contribution in [0.4, 0.5) is 0 Å². The van der Waals surface area contributed by atoms with Crippen LogP contribution in [0.15, 0.2) is 21.6 Å². The Balaban J connectivity index is 3.50. The average molecular weight is 128 g/mol. The third-order valence-electron chi connectivity index (χ3n) is 0.422. The van der Waals surface area contributed by atoms with E-state index in [0.29, 0.717) is 5.03 Å². The Hall–Kier alpha value is -0.570. The van der Waals surface area contributed by atoms with Gasteiger partial charge in [-0.25, -0.2) is 9.98 Å². The van der Waals surface area contributed by atoms with Gasteiger partial charge in [-0.3, -0.25) is 0 Å². The number of hydrogen-bond donors (Lipinski definition) is 1. The summed E-state index contributed by atoms with van der Waals surface area (Å²) >= 11 is 3.80. The summed E-state index contributed by atoms with van der Waals surface area (Å²) in [6.45, 7) is 5.23. The molecule has 0 atom stereocenters. The monoisotopic (exact) mass is 128 g/mol. The molecule has 0 rings (SSSR count). The van der Waals surface area contributed by atoms with Crippen LogP contribution < -0.4 is 0 Å². The van der Waals surface area contributed by atoms with Gasteiger partial charge in [0, 0.05) is 6.21 Å². The zero-order valence-corrected chi connectivity index (χ0v) is 5.60. The second-order valence-electron chi connectivity index (χ2n) is 1.07. The Morgan fingerprint density at radius 2 is 2.38 bits per heavy atom. The highest BCUT2D eigenvalue weighted by Crippen LogP contribution is 1.93. The molecule has 0 heterocycles. The van der Waals surface area contributed by atoms with Gasteiger partial charge in [-0.05, 0) is 6.92 Å². The van der Waals surface area contributed by atoms with E-state index in [1.54, 1.807) is 6.21 Å². The van der Waals surface area contributed by atoms with Crippen molar-refractivity contribution in [1.29, 1.82) is 0 Å². The summed E-state index contributed by atoms with van der Waals surface area (Å²) in [5.74, 6) is 0. The van der Waals surface area contributed by atoms with E-state index < -0.39 is 0 Å². The van der Waals surface area contributed by atoms with Crippen molar-refractivity contribution >= 4 is 25.2 Å². The van der Waals surface area contributed by atoms with Crippen molar-refractivity contribution in [2.45, 2.75) is 6.92 Å². The van der Waals surface area contributed by atoms with E-state index in [-0.39, 0.29) is 0 Å². The fraction of sp³-hybridized carbons (Fsp3) is 0.200. The van der Waals surface area contributed by atoms with Gasteiger partial charge in [0.2, 0.25) is 0 Å². The van der Waals surface area contributed by atoms with Crippen molar-refractivity contribution < 1.29 is 0 Å². The van der Waals surface area contributed by atoms with Crippen LogP contribution in [0.3, 0.4) is 0 Å². The number of aliphatic imine (C=N–C) groups is 2. The zero-order chi connectivity index (χ0) is 6.41. The SMILES string of the molecule is C=C(S)N=CN=CC. The van der Waals surface area contributed by atoms with E-state index in [1.165, 1.54) is 6.34 Å². The predicted octanol–water partition coefficient (Wildman–Crippen LogP) is 1.51. The first-order valence-corrected chi connectivity index (χ1v) is 2.60. The van der Waals surface area contributed by atoms with Crippen LogP contribution in [0.25, 0.3) is 0 Å². The lowest BCUT2D eigenvalue weighted by Gasteiger charge is -1.77.